The van der Waals surface area contributed by atoms with Gasteiger partial charge in [-0.05, 0) is 32.4 Å². The number of anilines is 1. The Balaban J connectivity index is 1.70. The fourth-order valence-electron chi connectivity index (χ4n) is 1.89. The molecule has 0 radical (unpaired) electrons. The van der Waals surface area contributed by atoms with Gasteiger partial charge in [0.2, 0.25) is 0 Å². The van der Waals surface area contributed by atoms with Crippen LogP contribution < -0.4 is 10.6 Å². The van der Waals surface area contributed by atoms with Gasteiger partial charge in [0.25, 0.3) is 5.91 Å². The van der Waals surface area contributed by atoms with Crippen LogP contribution >= 0.6 is 0 Å². The second-order valence-corrected chi connectivity index (χ2v) is 4.48. The first kappa shape index (κ1) is 14.0. The highest BCUT2D eigenvalue weighted by Gasteiger charge is 2.16. The molecule has 0 bridgehead atoms. The Bertz CT molecular complexity index is 546. The van der Waals surface area contributed by atoms with Crippen LogP contribution in [0.1, 0.15) is 28.2 Å². The zero-order valence-corrected chi connectivity index (χ0v) is 11.6. The molecule has 20 heavy (non-hydrogen) atoms. The molecular formula is C14H18N4O2. The Labute approximate surface area is 117 Å². The number of aryl methyl sites for hydroxylation is 2. The van der Waals surface area contributed by atoms with Gasteiger partial charge in [0.1, 0.15) is 11.3 Å². The lowest BCUT2D eigenvalue weighted by Gasteiger charge is -2.07. The standard InChI is InChI=1S/C14H18N4O2/c1-10-13(11(2)20-18-10)14(19)17-8-4-7-16-12-5-3-6-15-9-12/h3,5-6,9,16H,4,7-8H2,1-2H3,(H,17,19). The molecule has 0 saturated heterocycles. The van der Waals surface area contributed by atoms with E-state index in [9.17, 15) is 4.79 Å². The number of hydrogen-bond acceptors (Lipinski definition) is 5. The van der Waals surface area contributed by atoms with Crippen molar-refractivity contribution in [3.8, 4) is 0 Å². The van der Waals surface area contributed by atoms with Gasteiger partial charge in [-0.1, -0.05) is 5.16 Å². The van der Waals surface area contributed by atoms with Crippen LogP contribution in [-0.4, -0.2) is 29.1 Å². The summed E-state index contributed by atoms with van der Waals surface area (Å²) in [5.41, 5.74) is 2.13. The van der Waals surface area contributed by atoms with Crippen LogP contribution in [0.25, 0.3) is 0 Å². The summed E-state index contributed by atoms with van der Waals surface area (Å²) in [6.45, 7) is 4.86. The number of rotatable bonds is 6. The molecule has 2 aromatic rings. The zero-order valence-electron chi connectivity index (χ0n) is 11.6. The van der Waals surface area contributed by atoms with Gasteiger partial charge in [0.15, 0.2) is 0 Å². The van der Waals surface area contributed by atoms with Gasteiger partial charge in [-0.3, -0.25) is 9.78 Å². The van der Waals surface area contributed by atoms with Gasteiger partial charge in [0.05, 0.1) is 11.4 Å². The van der Waals surface area contributed by atoms with Crippen LogP contribution in [-0.2, 0) is 0 Å². The Morgan fingerprint density at radius 2 is 2.20 bits per heavy atom. The third-order valence-corrected chi connectivity index (χ3v) is 2.89. The number of amides is 1. The van der Waals surface area contributed by atoms with E-state index in [1.165, 1.54) is 0 Å². The lowest BCUT2D eigenvalue weighted by atomic mass is 10.2. The molecule has 0 fully saturated rings. The minimum Gasteiger partial charge on any atom is -0.384 e. The summed E-state index contributed by atoms with van der Waals surface area (Å²) in [5.74, 6) is 0.413. The first-order valence-electron chi connectivity index (χ1n) is 6.53. The van der Waals surface area contributed by atoms with Crippen LogP contribution in [0.3, 0.4) is 0 Å². The highest BCUT2D eigenvalue weighted by Crippen LogP contribution is 2.11. The molecule has 2 rings (SSSR count). The van der Waals surface area contributed by atoms with Gasteiger partial charge in [-0.15, -0.1) is 0 Å². The molecule has 0 atom stereocenters. The van der Waals surface area contributed by atoms with Crippen molar-refractivity contribution in [3.05, 3.63) is 41.5 Å². The van der Waals surface area contributed by atoms with Gasteiger partial charge >= 0.3 is 0 Å². The van der Waals surface area contributed by atoms with Crippen molar-refractivity contribution in [2.75, 3.05) is 18.4 Å². The maximum Gasteiger partial charge on any atom is 0.256 e. The van der Waals surface area contributed by atoms with E-state index < -0.39 is 0 Å². The van der Waals surface area contributed by atoms with Crippen LogP contribution in [0, 0.1) is 13.8 Å². The van der Waals surface area contributed by atoms with E-state index in [4.69, 9.17) is 4.52 Å². The van der Waals surface area contributed by atoms with E-state index >= 15 is 0 Å². The molecule has 0 saturated carbocycles. The largest absolute Gasteiger partial charge is 0.384 e. The summed E-state index contributed by atoms with van der Waals surface area (Å²) in [6, 6.07) is 3.83. The molecule has 0 spiro atoms. The summed E-state index contributed by atoms with van der Waals surface area (Å²) in [5, 5.41) is 9.86. The van der Waals surface area contributed by atoms with Crippen molar-refractivity contribution in [2.24, 2.45) is 0 Å². The van der Waals surface area contributed by atoms with Crippen LogP contribution in [0.15, 0.2) is 29.0 Å². The van der Waals surface area contributed by atoms with Crippen molar-refractivity contribution in [1.29, 1.82) is 0 Å². The van der Waals surface area contributed by atoms with Crippen LogP contribution in [0.5, 0.6) is 0 Å². The predicted octanol–water partition coefficient (Wildman–Crippen LogP) is 1.92. The molecule has 0 aliphatic carbocycles. The molecule has 2 heterocycles. The lowest BCUT2D eigenvalue weighted by molar-refractivity contribution is 0.0951. The maximum absolute atomic E-state index is 11.9. The molecule has 0 unspecified atom stereocenters. The third kappa shape index (κ3) is 3.57. The fourth-order valence-corrected chi connectivity index (χ4v) is 1.89. The normalized spacial score (nSPS) is 10.3. The Morgan fingerprint density at radius 1 is 1.35 bits per heavy atom. The van der Waals surface area contributed by atoms with E-state index in [1.54, 1.807) is 26.2 Å². The van der Waals surface area contributed by atoms with Crippen molar-refractivity contribution in [1.82, 2.24) is 15.5 Å². The summed E-state index contributed by atoms with van der Waals surface area (Å²) in [7, 11) is 0. The van der Waals surface area contributed by atoms with E-state index in [0.717, 1.165) is 18.7 Å². The second kappa shape index (κ2) is 6.70. The van der Waals surface area contributed by atoms with Gasteiger partial charge in [-0.2, -0.15) is 0 Å². The van der Waals surface area contributed by atoms with Crippen molar-refractivity contribution in [2.45, 2.75) is 20.3 Å². The molecule has 1 amide bonds. The number of carbonyl (C=O) groups is 1. The number of carbonyl (C=O) groups excluding carboxylic acids is 1. The minimum absolute atomic E-state index is 0.136. The van der Waals surface area contributed by atoms with Crippen molar-refractivity contribution < 1.29 is 9.32 Å². The molecule has 2 N–H and O–H groups in total. The average molecular weight is 274 g/mol. The maximum atomic E-state index is 11.9. The summed E-state index contributed by atoms with van der Waals surface area (Å²) in [6.07, 6.45) is 4.32. The first-order valence-corrected chi connectivity index (χ1v) is 6.53. The van der Waals surface area contributed by atoms with E-state index in [-0.39, 0.29) is 5.91 Å². The zero-order chi connectivity index (χ0) is 14.4. The second-order valence-electron chi connectivity index (χ2n) is 4.48. The van der Waals surface area contributed by atoms with E-state index in [0.29, 0.717) is 23.6 Å². The number of aromatic nitrogens is 2. The molecule has 106 valence electrons. The fraction of sp³-hybridized carbons (Fsp3) is 0.357. The molecule has 2 aromatic heterocycles. The molecule has 6 nitrogen and oxygen atoms in total. The molecule has 0 aliphatic heterocycles. The van der Waals surface area contributed by atoms with Crippen molar-refractivity contribution >= 4 is 11.6 Å². The Kier molecular flexibility index (Phi) is 4.70. The monoisotopic (exact) mass is 274 g/mol. The van der Waals surface area contributed by atoms with E-state index in [2.05, 4.69) is 20.8 Å². The van der Waals surface area contributed by atoms with Crippen molar-refractivity contribution in [3.63, 3.8) is 0 Å². The summed E-state index contributed by atoms with van der Waals surface area (Å²) in [4.78, 5) is 16.0. The predicted molar refractivity (Wildman–Crippen MR) is 75.7 cm³/mol. The number of pyridine rings is 1. The first-order chi connectivity index (χ1) is 9.68. The van der Waals surface area contributed by atoms with Crippen LogP contribution in [0.2, 0.25) is 0 Å². The molecular weight excluding hydrogens is 256 g/mol. The highest BCUT2D eigenvalue weighted by atomic mass is 16.5. The van der Waals surface area contributed by atoms with Crippen LogP contribution in [0.4, 0.5) is 5.69 Å². The smallest absolute Gasteiger partial charge is 0.256 e. The van der Waals surface area contributed by atoms with Gasteiger partial charge in [0, 0.05) is 25.5 Å². The Morgan fingerprint density at radius 3 is 2.85 bits per heavy atom. The molecule has 6 heteroatoms. The quantitative estimate of drug-likeness (QED) is 0.787. The topological polar surface area (TPSA) is 80.0 Å². The van der Waals surface area contributed by atoms with E-state index in [1.807, 2.05) is 12.1 Å². The summed E-state index contributed by atoms with van der Waals surface area (Å²) < 4.78 is 4.97. The SMILES string of the molecule is Cc1noc(C)c1C(=O)NCCCNc1cccnc1. The average Bonchev–Trinajstić information content (AvgIpc) is 2.79. The minimum atomic E-state index is -0.136. The third-order valence-electron chi connectivity index (χ3n) is 2.89. The number of nitrogens with zero attached hydrogens (tertiary/aromatic N) is 2. The van der Waals surface area contributed by atoms with Gasteiger partial charge < -0.3 is 15.2 Å². The highest BCUT2D eigenvalue weighted by molar-refractivity contribution is 5.96. The molecule has 0 aliphatic rings. The molecule has 0 aromatic carbocycles. The summed E-state index contributed by atoms with van der Waals surface area (Å²) >= 11 is 0. The van der Waals surface area contributed by atoms with Gasteiger partial charge in [-0.25, -0.2) is 0 Å². The number of hydrogen-bond donors (Lipinski definition) is 2. The number of nitrogens with one attached hydrogen (secondary N) is 2. The Hall–Kier alpha value is -2.37. The lowest BCUT2D eigenvalue weighted by Crippen LogP contribution is -2.26.